The molecule has 0 bridgehead atoms. The van der Waals surface area contributed by atoms with Gasteiger partial charge < -0.3 is 20.5 Å². The fraction of sp³-hybridized carbons (Fsp3) is 0.417. The number of hydrogen-bond acceptors (Lipinski definition) is 4. The van der Waals surface area contributed by atoms with Crippen molar-refractivity contribution in [3.05, 3.63) is 18.2 Å². The van der Waals surface area contributed by atoms with Crippen molar-refractivity contribution in [3.63, 3.8) is 0 Å². The van der Waals surface area contributed by atoms with Gasteiger partial charge in [0.1, 0.15) is 12.4 Å². The summed E-state index contributed by atoms with van der Waals surface area (Å²) in [5, 5.41) is 2.67. The number of carbonyl (C=O) groups is 1. The number of nitrogen functional groups attached to an aromatic ring is 1. The number of amides is 1. The molecule has 0 radical (unpaired) electrons. The van der Waals surface area contributed by atoms with E-state index in [9.17, 15) is 4.79 Å². The van der Waals surface area contributed by atoms with Gasteiger partial charge >= 0.3 is 0 Å². The fourth-order valence-corrected chi connectivity index (χ4v) is 1.20. The molecule has 1 amide bonds. The standard InChI is InChI=1S/C12H18N2O3.ClH/c1-8(2)17-7-12(15)14-11-6-9(16-3)4-5-10(11)13;/h4-6,8H,7,13H2,1-3H3,(H,14,15);1H. The minimum atomic E-state index is -0.237. The molecular weight excluding hydrogens is 256 g/mol. The van der Waals surface area contributed by atoms with Crippen molar-refractivity contribution in [3.8, 4) is 5.75 Å². The number of hydrogen-bond donors (Lipinski definition) is 2. The zero-order valence-corrected chi connectivity index (χ0v) is 11.5. The molecular formula is C12H19ClN2O3. The largest absolute Gasteiger partial charge is 0.497 e. The van der Waals surface area contributed by atoms with Crippen LogP contribution in [0.1, 0.15) is 13.8 Å². The molecule has 0 aliphatic rings. The van der Waals surface area contributed by atoms with E-state index in [1.165, 1.54) is 0 Å². The maximum atomic E-state index is 11.5. The molecule has 0 spiro atoms. The molecule has 5 nitrogen and oxygen atoms in total. The Hall–Kier alpha value is -1.46. The minimum Gasteiger partial charge on any atom is -0.497 e. The predicted molar refractivity (Wildman–Crippen MR) is 74.4 cm³/mol. The highest BCUT2D eigenvalue weighted by molar-refractivity contribution is 5.94. The van der Waals surface area contributed by atoms with Crippen LogP contribution in [0.3, 0.4) is 0 Å². The predicted octanol–water partition coefficient (Wildman–Crippen LogP) is 2.06. The maximum absolute atomic E-state index is 11.5. The molecule has 0 saturated heterocycles. The number of rotatable bonds is 5. The number of nitrogens with two attached hydrogens (primary N) is 1. The highest BCUT2D eigenvalue weighted by Gasteiger charge is 2.07. The summed E-state index contributed by atoms with van der Waals surface area (Å²) in [6, 6.07) is 5.08. The highest BCUT2D eigenvalue weighted by Crippen LogP contribution is 2.24. The third-order valence-electron chi connectivity index (χ3n) is 2.08. The topological polar surface area (TPSA) is 73.6 Å². The van der Waals surface area contributed by atoms with E-state index < -0.39 is 0 Å². The van der Waals surface area contributed by atoms with Crippen LogP contribution in [0.15, 0.2) is 18.2 Å². The van der Waals surface area contributed by atoms with E-state index in [4.69, 9.17) is 15.2 Å². The van der Waals surface area contributed by atoms with E-state index >= 15 is 0 Å². The third-order valence-corrected chi connectivity index (χ3v) is 2.08. The van der Waals surface area contributed by atoms with Crippen molar-refractivity contribution < 1.29 is 14.3 Å². The molecule has 0 heterocycles. The Bertz CT molecular complexity index is 397. The van der Waals surface area contributed by atoms with Crippen molar-refractivity contribution in [1.29, 1.82) is 0 Å². The summed E-state index contributed by atoms with van der Waals surface area (Å²) in [6.07, 6.45) is 0.0170. The quantitative estimate of drug-likeness (QED) is 0.806. The van der Waals surface area contributed by atoms with Crippen molar-refractivity contribution in [2.45, 2.75) is 20.0 Å². The molecule has 0 atom stereocenters. The first kappa shape index (κ1) is 16.5. The van der Waals surface area contributed by atoms with E-state index in [0.717, 1.165) is 0 Å². The van der Waals surface area contributed by atoms with E-state index in [2.05, 4.69) is 5.32 Å². The molecule has 0 unspecified atom stereocenters. The SMILES string of the molecule is COc1ccc(N)c(NC(=O)COC(C)C)c1.Cl. The number of anilines is 2. The molecule has 6 heteroatoms. The summed E-state index contributed by atoms with van der Waals surface area (Å²) in [5.41, 5.74) is 6.76. The normalized spacial score (nSPS) is 9.78. The lowest BCUT2D eigenvalue weighted by molar-refractivity contribution is -0.121. The molecule has 18 heavy (non-hydrogen) atoms. The van der Waals surface area contributed by atoms with Crippen LogP contribution in [0.2, 0.25) is 0 Å². The third kappa shape index (κ3) is 5.25. The molecule has 3 N–H and O–H groups in total. The Kier molecular flexibility index (Phi) is 7.16. The molecule has 0 aliphatic heterocycles. The zero-order chi connectivity index (χ0) is 12.8. The summed E-state index contributed by atoms with van der Waals surface area (Å²) < 4.78 is 10.2. The van der Waals surface area contributed by atoms with E-state index in [1.807, 2.05) is 13.8 Å². The lowest BCUT2D eigenvalue weighted by atomic mass is 10.2. The molecule has 0 aromatic heterocycles. The Labute approximate surface area is 113 Å². The summed E-state index contributed by atoms with van der Waals surface area (Å²) >= 11 is 0. The Balaban J connectivity index is 0.00000289. The van der Waals surface area contributed by atoms with Crippen LogP contribution >= 0.6 is 12.4 Å². The van der Waals surface area contributed by atoms with Gasteiger partial charge in [-0.2, -0.15) is 0 Å². The summed E-state index contributed by atoms with van der Waals surface area (Å²) in [4.78, 5) is 11.5. The Morgan fingerprint density at radius 1 is 1.44 bits per heavy atom. The number of methoxy groups -OCH3 is 1. The molecule has 0 fully saturated rings. The van der Waals surface area contributed by atoms with Crippen LogP contribution in [0.5, 0.6) is 5.75 Å². The molecule has 102 valence electrons. The van der Waals surface area contributed by atoms with Gasteiger partial charge in [-0.05, 0) is 26.0 Å². The number of ether oxygens (including phenoxy) is 2. The van der Waals surface area contributed by atoms with Crippen LogP contribution < -0.4 is 15.8 Å². The average Bonchev–Trinajstić information content (AvgIpc) is 2.29. The molecule has 1 aromatic carbocycles. The number of benzene rings is 1. The van der Waals surface area contributed by atoms with Gasteiger partial charge in [-0.1, -0.05) is 0 Å². The average molecular weight is 275 g/mol. The lowest BCUT2D eigenvalue weighted by Gasteiger charge is -2.11. The number of carbonyl (C=O) groups excluding carboxylic acids is 1. The second kappa shape index (κ2) is 7.79. The van der Waals surface area contributed by atoms with Gasteiger partial charge in [0.25, 0.3) is 0 Å². The number of nitrogens with one attached hydrogen (secondary N) is 1. The summed E-state index contributed by atoms with van der Waals surface area (Å²) in [7, 11) is 1.55. The second-order valence-corrected chi connectivity index (χ2v) is 3.86. The lowest BCUT2D eigenvalue weighted by Crippen LogP contribution is -2.21. The fourth-order valence-electron chi connectivity index (χ4n) is 1.20. The minimum absolute atomic E-state index is 0. The number of halogens is 1. The molecule has 1 rings (SSSR count). The monoisotopic (exact) mass is 274 g/mol. The smallest absolute Gasteiger partial charge is 0.250 e. The first-order valence-corrected chi connectivity index (χ1v) is 5.38. The summed E-state index contributed by atoms with van der Waals surface area (Å²) in [5.74, 6) is 0.401. The van der Waals surface area contributed by atoms with Crippen molar-refractivity contribution >= 4 is 29.7 Å². The van der Waals surface area contributed by atoms with E-state index in [-0.39, 0.29) is 31.0 Å². The first-order chi connectivity index (χ1) is 8.02. The van der Waals surface area contributed by atoms with Crippen LogP contribution in [-0.2, 0) is 9.53 Å². The van der Waals surface area contributed by atoms with Crippen LogP contribution in [0.25, 0.3) is 0 Å². The van der Waals surface area contributed by atoms with Crippen LogP contribution in [-0.4, -0.2) is 25.7 Å². The first-order valence-electron chi connectivity index (χ1n) is 5.38. The zero-order valence-electron chi connectivity index (χ0n) is 10.7. The van der Waals surface area contributed by atoms with Gasteiger partial charge in [-0.25, -0.2) is 0 Å². The maximum Gasteiger partial charge on any atom is 0.250 e. The van der Waals surface area contributed by atoms with Crippen molar-refractivity contribution in [2.24, 2.45) is 0 Å². The van der Waals surface area contributed by atoms with Gasteiger partial charge in [-0.3, -0.25) is 4.79 Å². The van der Waals surface area contributed by atoms with Gasteiger partial charge in [0.2, 0.25) is 5.91 Å². The highest BCUT2D eigenvalue weighted by atomic mass is 35.5. The molecule has 0 aliphatic carbocycles. The van der Waals surface area contributed by atoms with Gasteiger partial charge in [0.15, 0.2) is 0 Å². The van der Waals surface area contributed by atoms with Crippen LogP contribution in [0, 0.1) is 0 Å². The molecule has 1 aromatic rings. The van der Waals surface area contributed by atoms with E-state index in [1.54, 1.807) is 25.3 Å². The van der Waals surface area contributed by atoms with Gasteiger partial charge in [0, 0.05) is 6.07 Å². The second-order valence-electron chi connectivity index (χ2n) is 3.86. The van der Waals surface area contributed by atoms with Gasteiger partial charge in [0.05, 0.1) is 24.6 Å². The van der Waals surface area contributed by atoms with Crippen LogP contribution in [0.4, 0.5) is 11.4 Å². The van der Waals surface area contributed by atoms with E-state index in [0.29, 0.717) is 17.1 Å². The Morgan fingerprint density at radius 3 is 2.67 bits per heavy atom. The summed E-state index contributed by atoms with van der Waals surface area (Å²) in [6.45, 7) is 3.74. The Morgan fingerprint density at radius 2 is 2.11 bits per heavy atom. The molecule has 0 saturated carbocycles. The van der Waals surface area contributed by atoms with Crippen molar-refractivity contribution in [1.82, 2.24) is 0 Å². The van der Waals surface area contributed by atoms with Gasteiger partial charge in [-0.15, -0.1) is 12.4 Å². The van der Waals surface area contributed by atoms with Crippen molar-refractivity contribution in [2.75, 3.05) is 24.8 Å².